The first-order valence-corrected chi connectivity index (χ1v) is 12.1. The number of benzene rings is 1. The van der Waals surface area contributed by atoms with Crippen molar-refractivity contribution in [1.29, 1.82) is 0 Å². The fourth-order valence-electron chi connectivity index (χ4n) is 3.14. The van der Waals surface area contributed by atoms with Crippen LogP contribution in [0.4, 0.5) is 17.5 Å². The number of carbonyl (C=O) groups excluding carboxylic acids is 2. The van der Waals surface area contributed by atoms with Crippen LogP contribution in [0.1, 0.15) is 25.6 Å². The normalized spacial score (nSPS) is 10.7. The second-order valence-electron chi connectivity index (χ2n) is 7.29. The van der Waals surface area contributed by atoms with Crippen molar-refractivity contribution < 1.29 is 14.3 Å². The molecular weight excluding hydrogens is 551 g/mol. The fraction of sp³-hybridized carbons (Fsp3) is 0.143. The molecule has 0 radical (unpaired) electrons. The first kappa shape index (κ1) is 25.6. The topological polar surface area (TPSA) is 138 Å². The number of ether oxygens (including phenoxy) is 1. The fourth-order valence-corrected chi connectivity index (χ4v) is 4.70. The monoisotopic (exact) mass is 566 g/mol. The standard InChI is InChI=1S/C21H17Cl3N8O3S/c1-32(21-28-30-31-29-21)8-10-9-36-18(16(10)24)20(34)27-17-13(5-12(23)6-14(17)35-2)19(33)26-15-4-3-11(22)7-25-15/h3-7,9H,8H2,1-2H3,(H,27,34)(H,25,26,33)(H,28,29,30,31). The number of amides is 2. The molecule has 4 rings (SSSR count). The highest BCUT2D eigenvalue weighted by atomic mass is 35.5. The van der Waals surface area contributed by atoms with Crippen molar-refractivity contribution in [3.05, 3.63) is 66.9 Å². The SMILES string of the molecule is COc1cc(Cl)cc(C(=O)Nc2ccc(Cl)cn2)c1NC(=O)c1scc(CN(C)c2nnn[nH]2)c1Cl. The van der Waals surface area contributed by atoms with Crippen molar-refractivity contribution in [3.8, 4) is 5.75 Å². The number of hydrogen-bond donors (Lipinski definition) is 3. The lowest BCUT2D eigenvalue weighted by Gasteiger charge is -2.16. The predicted octanol–water partition coefficient (Wildman–Crippen LogP) is 4.77. The molecule has 0 saturated carbocycles. The van der Waals surface area contributed by atoms with Crippen LogP contribution in [0.2, 0.25) is 15.1 Å². The summed E-state index contributed by atoms with van der Waals surface area (Å²) in [5, 5.41) is 21.6. The van der Waals surface area contributed by atoms with Gasteiger partial charge in [-0.2, -0.15) is 0 Å². The Morgan fingerprint density at radius 1 is 1.14 bits per heavy atom. The average molecular weight is 568 g/mol. The number of tetrazole rings is 1. The summed E-state index contributed by atoms with van der Waals surface area (Å²) in [5.74, 6) is -0.200. The van der Waals surface area contributed by atoms with Crippen molar-refractivity contribution in [1.82, 2.24) is 25.6 Å². The van der Waals surface area contributed by atoms with E-state index in [9.17, 15) is 9.59 Å². The molecule has 0 atom stereocenters. The molecule has 2 amide bonds. The number of anilines is 3. The van der Waals surface area contributed by atoms with Gasteiger partial charge in [-0.25, -0.2) is 10.1 Å². The molecule has 0 aliphatic rings. The number of halogens is 3. The van der Waals surface area contributed by atoms with Crippen molar-refractivity contribution >= 4 is 75.4 Å². The molecule has 3 aromatic heterocycles. The lowest BCUT2D eigenvalue weighted by Crippen LogP contribution is -2.20. The summed E-state index contributed by atoms with van der Waals surface area (Å²) in [4.78, 5) is 32.3. The number of aromatic nitrogens is 5. The van der Waals surface area contributed by atoms with E-state index in [0.717, 1.165) is 11.3 Å². The van der Waals surface area contributed by atoms with Gasteiger partial charge >= 0.3 is 0 Å². The summed E-state index contributed by atoms with van der Waals surface area (Å²) in [5.41, 5.74) is 0.879. The molecule has 0 bridgehead atoms. The van der Waals surface area contributed by atoms with Gasteiger partial charge < -0.3 is 20.3 Å². The highest BCUT2D eigenvalue weighted by Crippen LogP contribution is 2.35. The largest absolute Gasteiger partial charge is 0.494 e. The molecule has 36 heavy (non-hydrogen) atoms. The first-order chi connectivity index (χ1) is 17.3. The van der Waals surface area contributed by atoms with E-state index in [-0.39, 0.29) is 37.7 Å². The Bertz CT molecular complexity index is 1400. The van der Waals surface area contributed by atoms with Crippen LogP contribution in [0.5, 0.6) is 5.75 Å². The number of nitrogens with one attached hydrogen (secondary N) is 3. The quantitative estimate of drug-likeness (QED) is 0.277. The molecule has 0 aliphatic heterocycles. The molecule has 0 fully saturated rings. The summed E-state index contributed by atoms with van der Waals surface area (Å²) in [6.07, 6.45) is 1.39. The molecule has 3 N–H and O–H groups in total. The number of carbonyl (C=O) groups is 2. The highest BCUT2D eigenvalue weighted by molar-refractivity contribution is 7.13. The van der Waals surface area contributed by atoms with E-state index >= 15 is 0 Å². The van der Waals surface area contributed by atoms with Crippen LogP contribution in [0.15, 0.2) is 35.8 Å². The smallest absolute Gasteiger partial charge is 0.267 e. The van der Waals surface area contributed by atoms with E-state index < -0.39 is 11.8 Å². The minimum absolute atomic E-state index is 0.0647. The first-order valence-electron chi connectivity index (χ1n) is 10.1. The Hall–Kier alpha value is -3.45. The second-order valence-corrected chi connectivity index (χ2v) is 9.42. The molecule has 1 aromatic carbocycles. The number of H-pyrrole nitrogens is 1. The number of aromatic amines is 1. The van der Waals surface area contributed by atoms with Crippen molar-refractivity contribution in [3.63, 3.8) is 0 Å². The zero-order valence-corrected chi connectivity index (χ0v) is 21.8. The second kappa shape index (κ2) is 11.1. The van der Waals surface area contributed by atoms with Crippen LogP contribution in [0.3, 0.4) is 0 Å². The van der Waals surface area contributed by atoms with Gasteiger partial charge in [0.15, 0.2) is 0 Å². The maximum atomic E-state index is 13.2. The molecular formula is C21H17Cl3N8O3S. The van der Waals surface area contributed by atoms with Crippen LogP contribution < -0.4 is 20.3 Å². The molecule has 0 unspecified atom stereocenters. The van der Waals surface area contributed by atoms with Crippen LogP contribution >= 0.6 is 46.1 Å². The van der Waals surface area contributed by atoms with E-state index in [2.05, 4.69) is 36.2 Å². The number of thiophene rings is 1. The molecule has 3 heterocycles. The van der Waals surface area contributed by atoms with Gasteiger partial charge in [0.05, 0.1) is 28.4 Å². The maximum absolute atomic E-state index is 13.2. The predicted molar refractivity (Wildman–Crippen MR) is 139 cm³/mol. The Morgan fingerprint density at radius 3 is 2.61 bits per heavy atom. The summed E-state index contributed by atoms with van der Waals surface area (Å²) >= 11 is 19.7. The minimum atomic E-state index is -0.568. The zero-order chi connectivity index (χ0) is 25.8. The third kappa shape index (κ3) is 5.68. The third-order valence-corrected chi connectivity index (χ3v) is 6.86. The molecule has 4 aromatic rings. The minimum Gasteiger partial charge on any atom is -0.494 e. The van der Waals surface area contributed by atoms with Gasteiger partial charge in [-0.15, -0.1) is 11.3 Å². The van der Waals surface area contributed by atoms with E-state index in [1.807, 2.05) is 0 Å². The molecule has 0 saturated heterocycles. The van der Waals surface area contributed by atoms with E-state index in [1.54, 1.807) is 29.5 Å². The summed E-state index contributed by atoms with van der Waals surface area (Å²) in [6, 6.07) is 6.01. The number of rotatable bonds is 8. The van der Waals surface area contributed by atoms with Gasteiger partial charge in [0.2, 0.25) is 5.95 Å². The Balaban J connectivity index is 1.59. The van der Waals surface area contributed by atoms with Crippen molar-refractivity contribution in [2.45, 2.75) is 6.54 Å². The highest BCUT2D eigenvalue weighted by Gasteiger charge is 2.24. The van der Waals surface area contributed by atoms with Gasteiger partial charge in [-0.05, 0) is 34.0 Å². The van der Waals surface area contributed by atoms with E-state index in [4.69, 9.17) is 39.5 Å². The summed E-state index contributed by atoms with van der Waals surface area (Å²) < 4.78 is 5.38. The van der Waals surface area contributed by atoms with Gasteiger partial charge in [0.1, 0.15) is 16.4 Å². The molecule has 11 nitrogen and oxygen atoms in total. The number of methoxy groups -OCH3 is 1. The third-order valence-electron chi connectivity index (χ3n) is 4.85. The summed E-state index contributed by atoms with van der Waals surface area (Å²) in [6.45, 7) is 0.353. The number of hydrogen-bond acceptors (Lipinski definition) is 9. The van der Waals surface area contributed by atoms with Crippen LogP contribution in [0, 0.1) is 0 Å². The lowest BCUT2D eigenvalue weighted by atomic mass is 10.1. The zero-order valence-electron chi connectivity index (χ0n) is 18.7. The molecule has 186 valence electrons. The lowest BCUT2D eigenvalue weighted by molar-refractivity contribution is 0.102. The average Bonchev–Trinajstić information content (AvgIpc) is 3.52. The van der Waals surface area contributed by atoms with Crippen molar-refractivity contribution in [2.24, 2.45) is 0 Å². The number of nitrogens with zero attached hydrogens (tertiary/aromatic N) is 5. The van der Waals surface area contributed by atoms with Gasteiger partial charge in [-0.3, -0.25) is 9.59 Å². The van der Waals surface area contributed by atoms with E-state index in [1.165, 1.54) is 25.4 Å². The van der Waals surface area contributed by atoms with Gasteiger partial charge in [0, 0.05) is 36.4 Å². The van der Waals surface area contributed by atoms with Crippen LogP contribution in [-0.2, 0) is 6.54 Å². The van der Waals surface area contributed by atoms with Crippen LogP contribution in [-0.4, -0.2) is 51.6 Å². The Labute approximate surface area is 223 Å². The molecule has 15 heteroatoms. The van der Waals surface area contributed by atoms with Crippen molar-refractivity contribution in [2.75, 3.05) is 29.7 Å². The Kier molecular flexibility index (Phi) is 7.89. The van der Waals surface area contributed by atoms with Gasteiger partial charge in [0.25, 0.3) is 11.8 Å². The molecule has 0 spiro atoms. The van der Waals surface area contributed by atoms with E-state index in [0.29, 0.717) is 23.1 Å². The van der Waals surface area contributed by atoms with Gasteiger partial charge in [-0.1, -0.05) is 39.9 Å². The summed E-state index contributed by atoms with van der Waals surface area (Å²) in [7, 11) is 3.17. The van der Waals surface area contributed by atoms with Crippen LogP contribution in [0.25, 0.3) is 0 Å². The molecule has 0 aliphatic carbocycles. The maximum Gasteiger partial charge on any atom is 0.267 e. The number of pyridine rings is 1. The Morgan fingerprint density at radius 2 is 1.94 bits per heavy atom.